The molecule has 0 unspecified atom stereocenters. The lowest BCUT2D eigenvalue weighted by Crippen LogP contribution is -2.26. The smallest absolute Gasteiger partial charge is 0.258 e. The predicted octanol–water partition coefficient (Wildman–Crippen LogP) is 2.32. The maximum absolute atomic E-state index is 12.4. The van der Waals surface area contributed by atoms with Crippen LogP contribution in [0.1, 0.15) is 17.3 Å². The van der Waals surface area contributed by atoms with Crippen LogP contribution in [0.2, 0.25) is 0 Å². The Morgan fingerprint density at radius 1 is 1.15 bits per heavy atom. The Hall–Kier alpha value is -2.69. The summed E-state index contributed by atoms with van der Waals surface area (Å²) in [5.41, 5.74) is 1.27. The topological polar surface area (TPSA) is 62.3 Å². The van der Waals surface area contributed by atoms with Crippen LogP contribution in [0, 0.1) is 0 Å². The fourth-order valence-electron chi connectivity index (χ4n) is 1.77. The molecule has 0 bridgehead atoms. The van der Waals surface area contributed by atoms with Crippen molar-refractivity contribution in [3.63, 3.8) is 0 Å². The van der Waals surface area contributed by atoms with Crippen molar-refractivity contribution in [2.24, 2.45) is 0 Å². The number of amides is 2. The second-order valence-corrected chi connectivity index (χ2v) is 4.31. The largest absolute Gasteiger partial charge is 0.311 e. The van der Waals surface area contributed by atoms with E-state index in [-0.39, 0.29) is 11.8 Å². The lowest BCUT2D eigenvalue weighted by molar-refractivity contribution is -0.114. The second-order valence-electron chi connectivity index (χ2n) is 4.31. The quantitative estimate of drug-likeness (QED) is 0.930. The number of rotatable bonds is 3. The van der Waals surface area contributed by atoms with Crippen LogP contribution in [0.4, 0.5) is 11.5 Å². The summed E-state index contributed by atoms with van der Waals surface area (Å²) >= 11 is 0. The van der Waals surface area contributed by atoms with E-state index in [1.165, 1.54) is 13.1 Å². The molecule has 0 aliphatic heterocycles. The van der Waals surface area contributed by atoms with Gasteiger partial charge >= 0.3 is 0 Å². The molecule has 2 amide bonds. The highest BCUT2D eigenvalue weighted by atomic mass is 16.2. The molecule has 102 valence electrons. The lowest BCUT2D eigenvalue weighted by atomic mass is 10.2. The first-order valence-electron chi connectivity index (χ1n) is 6.14. The summed E-state index contributed by atoms with van der Waals surface area (Å²) in [6.07, 6.45) is 1.50. The average molecular weight is 269 g/mol. The molecule has 0 radical (unpaired) electrons. The van der Waals surface area contributed by atoms with Gasteiger partial charge in [-0.15, -0.1) is 0 Å². The monoisotopic (exact) mass is 269 g/mol. The van der Waals surface area contributed by atoms with E-state index in [4.69, 9.17) is 0 Å². The Kier molecular flexibility index (Phi) is 4.10. The van der Waals surface area contributed by atoms with Crippen molar-refractivity contribution in [3.8, 4) is 0 Å². The van der Waals surface area contributed by atoms with Crippen LogP contribution in [0.15, 0.2) is 48.7 Å². The second kappa shape index (κ2) is 5.97. The van der Waals surface area contributed by atoms with Crippen molar-refractivity contribution in [2.45, 2.75) is 6.92 Å². The molecule has 5 nitrogen and oxygen atoms in total. The van der Waals surface area contributed by atoms with Gasteiger partial charge in [-0.05, 0) is 24.3 Å². The first-order valence-corrected chi connectivity index (χ1v) is 6.14. The van der Waals surface area contributed by atoms with Crippen molar-refractivity contribution < 1.29 is 9.59 Å². The molecule has 0 aliphatic rings. The van der Waals surface area contributed by atoms with Crippen molar-refractivity contribution in [3.05, 3.63) is 54.2 Å². The highest BCUT2D eigenvalue weighted by molar-refractivity contribution is 6.06. The average Bonchev–Trinajstić information content (AvgIpc) is 2.46. The molecular formula is C15H15N3O2. The lowest BCUT2D eigenvalue weighted by Gasteiger charge is -2.17. The van der Waals surface area contributed by atoms with Crippen molar-refractivity contribution in [1.29, 1.82) is 0 Å². The minimum atomic E-state index is -0.224. The van der Waals surface area contributed by atoms with E-state index in [0.29, 0.717) is 11.4 Å². The number of pyridine rings is 1. The minimum Gasteiger partial charge on any atom is -0.311 e. The van der Waals surface area contributed by atoms with Crippen LogP contribution in [-0.2, 0) is 4.79 Å². The number of nitrogens with one attached hydrogen (secondary N) is 1. The molecule has 2 rings (SSSR count). The summed E-state index contributed by atoms with van der Waals surface area (Å²) in [6, 6.07) is 12.5. The van der Waals surface area contributed by atoms with E-state index in [1.807, 2.05) is 30.3 Å². The van der Waals surface area contributed by atoms with Crippen LogP contribution in [-0.4, -0.2) is 23.8 Å². The third-order valence-corrected chi connectivity index (χ3v) is 2.76. The molecule has 1 aromatic carbocycles. The van der Waals surface area contributed by atoms with Gasteiger partial charge in [0.1, 0.15) is 5.82 Å². The number of para-hydroxylation sites is 1. The Morgan fingerprint density at radius 3 is 2.50 bits per heavy atom. The summed E-state index contributed by atoms with van der Waals surface area (Å²) in [7, 11) is 1.70. The van der Waals surface area contributed by atoms with Crippen LogP contribution >= 0.6 is 0 Å². The van der Waals surface area contributed by atoms with Gasteiger partial charge in [-0.2, -0.15) is 0 Å². The molecule has 20 heavy (non-hydrogen) atoms. The molecule has 0 saturated heterocycles. The molecule has 0 saturated carbocycles. The fraction of sp³-hybridized carbons (Fsp3) is 0.133. The molecule has 0 fully saturated rings. The van der Waals surface area contributed by atoms with E-state index < -0.39 is 0 Å². The number of benzene rings is 1. The van der Waals surface area contributed by atoms with Crippen LogP contribution in [0.25, 0.3) is 0 Å². The summed E-state index contributed by atoms with van der Waals surface area (Å²) in [5.74, 6) is -0.0199. The number of hydrogen-bond acceptors (Lipinski definition) is 3. The summed E-state index contributed by atoms with van der Waals surface area (Å²) in [5, 5.41) is 2.56. The van der Waals surface area contributed by atoms with E-state index in [1.54, 1.807) is 24.1 Å². The van der Waals surface area contributed by atoms with Crippen molar-refractivity contribution >= 4 is 23.3 Å². The maximum atomic E-state index is 12.4. The van der Waals surface area contributed by atoms with Crippen LogP contribution in [0.5, 0.6) is 0 Å². The molecule has 0 spiro atoms. The van der Waals surface area contributed by atoms with Gasteiger partial charge in [-0.1, -0.05) is 18.2 Å². The van der Waals surface area contributed by atoms with Gasteiger partial charge in [0.05, 0.1) is 0 Å². The van der Waals surface area contributed by atoms with E-state index in [2.05, 4.69) is 10.3 Å². The summed E-state index contributed by atoms with van der Waals surface area (Å²) in [4.78, 5) is 28.9. The van der Waals surface area contributed by atoms with Crippen LogP contribution < -0.4 is 10.2 Å². The molecule has 0 aliphatic carbocycles. The number of nitrogens with zero attached hydrogens (tertiary/aromatic N) is 2. The Balaban J connectivity index is 2.23. The number of carbonyl (C=O) groups excluding carboxylic acids is 2. The number of aromatic nitrogens is 1. The van der Waals surface area contributed by atoms with Gasteiger partial charge in [0, 0.05) is 31.4 Å². The highest BCUT2D eigenvalue weighted by Gasteiger charge is 2.14. The molecule has 1 aromatic heterocycles. The standard InChI is InChI=1S/C15H15N3O2/c1-11(19)17-14-10-12(8-9-16-14)15(20)18(2)13-6-4-3-5-7-13/h3-10H,1-2H3,(H,16,17,19). The van der Waals surface area contributed by atoms with Crippen molar-refractivity contribution in [1.82, 2.24) is 4.98 Å². The zero-order chi connectivity index (χ0) is 14.5. The molecule has 0 atom stereocenters. The Bertz CT molecular complexity index is 626. The molecule has 5 heteroatoms. The van der Waals surface area contributed by atoms with Gasteiger partial charge in [0.25, 0.3) is 5.91 Å². The molecule has 1 N–H and O–H groups in total. The zero-order valence-electron chi connectivity index (χ0n) is 11.3. The summed E-state index contributed by atoms with van der Waals surface area (Å²) in [6.45, 7) is 1.40. The van der Waals surface area contributed by atoms with E-state index >= 15 is 0 Å². The Morgan fingerprint density at radius 2 is 1.85 bits per heavy atom. The number of carbonyl (C=O) groups is 2. The molecule has 1 heterocycles. The van der Waals surface area contributed by atoms with Gasteiger partial charge in [0.15, 0.2) is 0 Å². The molecule has 2 aromatic rings. The van der Waals surface area contributed by atoms with E-state index in [0.717, 1.165) is 5.69 Å². The zero-order valence-corrected chi connectivity index (χ0v) is 11.3. The third-order valence-electron chi connectivity index (χ3n) is 2.76. The van der Waals surface area contributed by atoms with Crippen molar-refractivity contribution in [2.75, 3.05) is 17.3 Å². The predicted molar refractivity (Wildman–Crippen MR) is 77.7 cm³/mol. The van der Waals surface area contributed by atoms with Gasteiger partial charge in [-0.25, -0.2) is 4.98 Å². The normalized spacial score (nSPS) is 9.90. The Labute approximate surface area is 117 Å². The SMILES string of the molecule is CC(=O)Nc1cc(C(=O)N(C)c2ccccc2)ccn1. The minimum absolute atomic E-state index is 0.162. The number of anilines is 2. The fourth-order valence-corrected chi connectivity index (χ4v) is 1.77. The number of hydrogen-bond donors (Lipinski definition) is 1. The first-order chi connectivity index (χ1) is 9.58. The maximum Gasteiger partial charge on any atom is 0.258 e. The van der Waals surface area contributed by atoms with E-state index in [9.17, 15) is 9.59 Å². The van der Waals surface area contributed by atoms with Gasteiger partial charge in [-0.3, -0.25) is 9.59 Å². The third kappa shape index (κ3) is 3.20. The van der Waals surface area contributed by atoms with Gasteiger partial charge in [0.2, 0.25) is 5.91 Å². The summed E-state index contributed by atoms with van der Waals surface area (Å²) < 4.78 is 0. The first kappa shape index (κ1) is 13.7. The van der Waals surface area contributed by atoms with Crippen LogP contribution in [0.3, 0.4) is 0 Å². The highest BCUT2D eigenvalue weighted by Crippen LogP contribution is 2.16. The van der Waals surface area contributed by atoms with Gasteiger partial charge < -0.3 is 10.2 Å². The molecular weight excluding hydrogens is 254 g/mol.